The highest BCUT2D eigenvalue weighted by Crippen LogP contribution is 2.31. The molecule has 0 aliphatic carbocycles. The van der Waals surface area contributed by atoms with Gasteiger partial charge in [0.05, 0.1) is 11.9 Å². The topological polar surface area (TPSA) is 76.1 Å². The molecule has 1 heterocycles. The Kier molecular flexibility index (Phi) is 7.41. The summed E-state index contributed by atoms with van der Waals surface area (Å²) in [6, 6.07) is 17.8. The Bertz CT molecular complexity index is 902. The van der Waals surface area contributed by atoms with Crippen molar-refractivity contribution in [1.82, 2.24) is 10.2 Å². The lowest BCUT2D eigenvalue weighted by atomic mass is 10.0. The van der Waals surface area contributed by atoms with Gasteiger partial charge in [0.25, 0.3) is 0 Å². The van der Waals surface area contributed by atoms with Gasteiger partial charge in [0, 0.05) is 24.9 Å². The first kappa shape index (κ1) is 20.3. The van der Waals surface area contributed by atoms with Crippen molar-refractivity contribution < 1.29 is 9.53 Å². The molecule has 28 heavy (non-hydrogen) atoms. The van der Waals surface area contributed by atoms with Crippen molar-refractivity contribution in [2.24, 2.45) is 0 Å². The van der Waals surface area contributed by atoms with E-state index in [1.165, 1.54) is 23.1 Å². The second kappa shape index (κ2) is 10.2. The van der Waals surface area contributed by atoms with Crippen LogP contribution in [0.4, 0.5) is 10.8 Å². The lowest BCUT2D eigenvalue weighted by Gasteiger charge is -2.14. The van der Waals surface area contributed by atoms with Crippen LogP contribution in [0.15, 0.2) is 58.9 Å². The predicted octanol–water partition coefficient (Wildman–Crippen LogP) is 4.38. The number of amides is 1. The molecule has 146 valence electrons. The second-order valence-corrected chi connectivity index (χ2v) is 8.52. The molecule has 0 bridgehead atoms. The minimum Gasteiger partial charge on any atom is -0.383 e. The van der Waals surface area contributed by atoms with Crippen LogP contribution in [0.3, 0.4) is 0 Å². The Morgan fingerprint density at radius 2 is 1.89 bits per heavy atom. The maximum atomic E-state index is 12.7. The fourth-order valence-electron chi connectivity index (χ4n) is 2.49. The first-order chi connectivity index (χ1) is 13.7. The summed E-state index contributed by atoms with van der Waals surface area (Å²) in [6.07, 6.45) is 0. The monoisotopic (exact) mass is 414 g/mol. The molecule has 8 heteroatoms. The number of benzene rings is 2. The van der Waals surface area contributed by atoms with E-state index in [0.717, 1.165) is 26.3 Å². The number of para-hydroxylation sites is 1. The summed E-state index contributed by atoms with van der Waals surface area (Å²) in [5.41, 5.74) is 2.86. The van der Waals surface area contributed by atoms with Crippen LogP contribution in [0.1, 0.15) is 6.92 Å². The van der Waals surface area contributed by atoms with Gasteiger partial charge in [0.2, 0.25) is 11.0 Å². The molecule has 0 spiro atoms. The summed E-state index contributed by atoms with van der Waals surface area (Å²) >= 11 is 2.82. The number of hydrogen-bond donors (Lipinski definition) is 2. The highest BCUT2D eigenvalue weighted by Gasteiger charge is 2.18. The zero-order valence-corrected chi connectivity index (χ0v) is 17.3. The van der Waals surface area contributed by atoms with E-state index in [1.807, 2.05) is 61.5 Å². The molecule has 1 amide bonds. The number of anilines is 2. The molecule has 1 atom stereocenters. The van der Waals surface area contributed by atoms with E-state index in [4.69, 9.17) is 4.74 Å². The largest absolute Gasteiger partial charge is 0.383 e. The van der Waals surface area contributed by atoms with E-state index in [0.29, 0.717) is 13.2 Å². The summed E-state index contributed by atoms with van der Waals surface area (Å²) in [5, 5.41) is 14.8. The average molecular weight is 415 g/mol. The third-order valence-electron chi connectivity index (χ3n) is 3.91. The smallest absolute Gasteiger partial charge is 0.237 e. The van der Waals surface area contributed by atoms with Gasteiger partial charge in [0.1, 0.15) is 0 Å². The van der Waals surface area contributed by atoms with Gasteiger partial charge >= 0.3 is 0 Å². The molecule has 3 aromatic rings. The minimum atomic E-state index is -0.302. The minimum absolute atomic E-state index is 0.0718. The number of nitrogens with zero attached hydrogens (tertiary/aromatic N) is 2. The number of nitrogens with one attached hydrogen (secondary N) is 2. The van der Waals surface area contributed by atoms with E-state index in [1.54, 1.807) is 7.11 Å². The maximum Gasteiger partial charge on any atom is 0.237 e. The average Bonchev–Trinajstić information content (AvgIpc) is 3.16. The first-order valence-electron chi connectivity index (χ1n) is 8.85. The fraction of sp³-hybridized carbons (Fsp3) is 0.250. The first-order valence-corrected chi connectivity index (χ1v) is 10.6. The van der Waals surface area contributed by atoms with Gasteiger partial charge in [-0.15, -0.1) is 10.2 Å². The number of methoxy groups -OCH3 is 1. The van der Waals surface area contributed by atoms with Gasteiger partial charge in [-0.05, 0) is 18.6 Å². The fourth-order valence-corrected chi connectivity index (χ4v) is 4.41. The van der Waals surface area contributed by atoms with Gasteiger partial charge in [-0.2, -0.15) is 0 Å². The molecule has 2 aromatic carbocycles. The SMILES string of the molecule is COCCNc1nnc(S[C@@H](C)C(=O)Nc2ccccc2-c2ccccc2)s1. The van der Waals surface area contributed by atoms with E-state index in [2.05, 4.69) is 20.8 Å². The van der Waals surface area contributed by atoms with Crippen LogP contribution in [0.5, 0.6) is 0 Å². The number of hydrogen-bond acceptors (Lipinski definition) is 7. The molecule has 0 unspecified atom stereocenters. The van der Waals surface area contributed by atoms with Crippen molar-refractivity contribution in [3.8, 4) is 11.1 Å². The van der Waals surface area contributed by atoms with E-state index >= 15 is 0 Å². The predicted molar refractivity (Wildman–Crippen MR) is 116 cm³/mol. The van der Waals surface area contributed by atoms with Gasteiger partial charge in [-0.3, -0.25) is 4.79 Å². The molecule has 0 aliphatic rings. The number of carbonyl (C=O) groups excluding carboxylic acids is 1. The summed E-state index contributed by atoms with van der Waals surface area (Å²) in [5.74, 6) is -0.0718. The standard InChI is InChI=1S/C20H22N4O2S2/c1-14(27-20-24-23-19(28-20)21-12-13-26-2)18(25)22-17-11-7-6-10-16(17)15-8-4-3-5-9-15/h3-11,14H,12-13H2,1-2H3,(H,21,23)(H,22,25)/t14-/m0/s1. The Hall–Kier alpha value is -2.42. The Morgan fingerprint density at radius 1 is 1.14 bits per heavy atom. The van der Waals surface area contributed by atoms with Crippen molar-refractivity contribution in [1.29, 1.82) is 0 Å². The quantitative estimate of drug-likeness (QED) is 0.400. The molecular weight excluding hydrogens is 392 g/mol. The summed E-state index contributed by atoms with van der Waals surface area (Å²) in [4.78, 5) is 12.7. The number of thioether (sulfide) groups is 1. The lowest BCUT2D eigenvalue weighted by molar-refractivity contribution is -0.115. The van der Waals surface area contributed by atoms with Crippen molar-refractivity contribution >= 4 is 39.8 Å². The zero-order valence-electron chi connectivity index (χ0n) is 15.7. The second-order valence-electron chi connectivity index (χ2n) is 5.95. The summed E-state index contributed by atoms with van der Waals surface area (Å²) in [7, 11) is 1.65. The lowest BCUT2D eigenvalue weighted by Crippen LogP contribution is -2.22. The van der Waals surface area contributed by atoms with E-state index < -0.39 is 0 Å². The highest BCUT2D eigenvalue weighted by molar-refractivity contribution is 8.02. The summed E-state index contributed by atoms with van der Waals surface area (Å²) in [6.45, 7) is 3.13. The number of rotatable bonds is 9. The zero-order chi connectivity index (χ0) is 19.8. The number of aromatic nitrogens is 2. The Morgan fingerprint density at radius 3 is 2.68 bits per heavy atom. The van der Waals surface area contributed by atoms with Gasteiger partial charge in [-0.1, -0.05) is 71.6 Å². The van der Waals surface area contributed by atoms with Crippen LogP contribution in [-0.4, -0.2) is 41.6 Å². The van der Waals surface area contributed by atoms with Crippen LogP contribution in [0.2, 0.25) is 0 Å². The van der Waals surface area contributed by atoms with Gasteiger partial charge in [-0.25, -0.2) is 0 Å². The van der Waals surface area contributed by atoms with E-state index in [9.17, 15) is 4.79 Å². The number of ether oxygens (including phenoxy) is 1. The molecule has 0 radical (unpaired) electrons. The highest BCUT2D eigenvalue weighted by atomic mass is 32.2. The third-order valence-corrected chi connectivity index (χ3v) is 5.97. The Balaban J connectivity index is 1.62. The van der Waals surface area contributed by atoms with Crippen molar-refractivity contribution in [3.05, 3.63) is 54.6 Å². The maximum absolute atomic E-state index is 12.7. The van der Waals surface area contributed by atoms with Crippen molar-refractivity contribution in [2.75, 3.05) is 30.9 Å². The molecule has 0 saturated carbocycles. The molecule has 2 N–H and O–H groups in total. The summed E-state index contributed by atoms with van der Waals surface area (Å²) < 4.78 is 5.75. The molecule has 0 fully saturated rings. The van der Waals surface area contributed by atoms with Crippen LogP contribution >= 0.6 is 23.1 Å². The van der Waals surface area contributed by atoms with Crippen molar-refractivity contribution in [2.45, 2.75) is 16.5 Å². The Labute approximate surface area is 172 Å². The van der Waals surface area contributed by atoms with Gasteiger partial charge < -0.3 is 15.4 Å². The number of carbonyl (C=O) groups is 1. The van der Waals surface area contributed by atoms with Crippen LogP contribution in [-0.2, 0) is 9.53 Å². The molecular formula is C20H22N4O2S2. The molecule has 1 aromatic heterocycles. The molecule has 6 nitrogen and oxygen atoms in total. The van der Waals surface area contributed by atoms with Crippen LogP contribution in [0.25, 0.3) is 11.1 Å². The van der Waals surface area contributed by atoms with Crippen LogP contribution < -0.4 is 10.6 Å². The normalized spacial score (nSPS) is 11.8. The molecule has 3 rings (SSSR count). The van der Waals surface area contributed by atoms with Gasteiger partial charge in [0.15, 0.2) is 4.34 Å². The molecule has 0 aliphatic heterocycles. The third kappa shape index (κ3) is 5.54. The molecule has 0 saturated heterocycles. The van der Waals surface area contributed by atoms with Crippen molar-refractivity contribution in [3.63, 3.8) is 0 Å². The van der Waals surface area contributed by atoms with Crippen LogP contribution in [0, 0.1) is 0 Å². The van der Waals surface area contributed by atoms with E-state index in [-0.39, 0.29) is 11.2 Å².